The summed E-state index contributed by atoms with van der Waals surface area (Å²) in [6.07, 6.45) is 41.1. The first kappa shape index (κ1) is 53.1. The molecule has 0 aliphatic rings. The maximum absolute atomic E-state index is 12.7. The number of esters is 2. The summed E-state index contributed by atoms with van der Waals surface area (Å²) >= 11 is 0. The molecule has 8 nitrogen and oxygen atoms in total. The number of carboxylic acid groups (broad SMARTS) is 1. The van der Waals surface area contributed by atoms with Crippen LogP contribution in [0.15, 0.2) is 12.2 Å². The highest BCUT2D eigenvalue weighted by Crippen LogP contribution is 2.16. The quantitative estimate of drug-likeness (QED) is 0.0285. The average Bonchev–Trinajstić information content (AvgIpc) is 3.14. The van der Waals surface area contributed by atoms with Crippen molar-refractivity contribution in [2.45, 2.75) is 231 Å². The lowest BCUT2D eigenvalue weighted by molar-refractivity contribution is -0.887. The molecule has 0 heterocycles. The Bertz CT molecular complexity index is 915. The van der Waals surface area contributed by atoms with E-state index >= 15 is 0 Å². The second-order valence-electron chi connectivity index (χ2n) is 17.0. The zero-order chi connectivity index (χ0) is 40.7. The van der Waals surface area contributed by atoms with Crippen molar-refractivity contribution in [1.82, 2.24) is 0 Å². The van der Waals surface area contributed by atoms with E-state index in [1.165, 1.54) is 141 Å². The van der Waals surface area contributed by atoms with E-state index in [0.29, 0.717) is 19.3 Å². The van der Waals surface area contributed by atoms with E-state index in [-0.39, 0.29) is 36.2 Å². The zero-order valence-electron chi connectivity index (χ0n) is 36.9. The first-order valence-electron chi connectivity index (χ1n) is 23.2. The summed E-state index contributed by atoms with van der Waals surface area (Å²) < 4.78 is 17.3. The first-order valence-corrected chi connectivity index (χ1v) is 23.2. The molecule has 0 aliphatic carbocycles. The van der Waals surface area contributed by atoms with E-state index in [9.17, 15) is 19.5 Å². The second-order valence-corrected chi connectivity index (χ2v) is 17.0. The standard InChI is InChI=1S/C47H89NO7/c1-6-8-10-12-14-16-18-20-21-22-23-24-25-26-28-30-32-34-36-38-46(50)55-43(41-53-40-39-44(47(51)52)48(3,4)5)42-54-45(49)37-35-33-31-29-27-19-17-15-13-11-9-7-2/h15,17,43-44H,6-14,16,18-42H2,1-5H3/p+1/b17-15+. The van der Waals surface area contributed by atoms with Gasteiger partial charge in [-0.25, -0.2) is 4.79 Å². The number of ether oxygens (including phenoxy) is 3. The Hall–Kier alpha value is -1.93. The molecule has 1 N–H and O–H groups in total. The van der Waals surface area contributed by atoms with Crippen molar-refractivity contribution in [2.24, 2.45) is 0 Å². The van der Waals surface area contributed by atoms with E-state index < -0.39 is 18.1 Å². The minimum absolute atomic E-state index is 0.0496. The van der Waals surface area contributed by atoms with E-state index in [1.54, 1.807) is 0 Å². The molecule has 0 saturated heterocycles. The van der Waals surface area contributed by atoms with Crippen molar-refractivity contribution < 1.29 is 38.2 Å². The van der Waals surface area contributed by atoms with Crippen LogP contribution < -0.4 is 0 Å². The van der Waals surface area contributed by atoms with Crippen LogP contribution in [0.5, 0.6) is 0 Å². The number of carbonyl (C=O) groups excluding carboxylic acids is 2. The third kappa shape index (κ3) is 37.4. The van der Waals surface area contributed by atoms with E-state index in [0.717, 1.165) is 44.9 Å². The molecule has 0 amide bonds. The van der Waals surface area contributed by atoms with Crippen LogP contribution in [-0.2, 0) is 28.6 Å². The van der Waals surface area contributed by atoms with Crippen LogP contribution >= 0.6 is 0 Å². The number of likely N-dealkylation sites (N-methyl/N-ethyl adjacent to an activating group) is 1. The van der Waals surface area contributed by atoms with Gasteiger partial charge in [0.15, 0.2) is 12.1 Å². The molecule has 0 aliphatic heterocycles. The second kappa shape index (κ2) is 38.9. The van der Waals surface area contributed by atoms with Gasteiger partial charge in [-0.2, -0.15) is 0 Å². The predicted octanol–water partition coefficient (Wildman–Crippen LogP) is 12.7. The molecule has 0 aromatic carbocycles. The molecule has 0 aromatic rings. The molecule has 8 heteroatoms. The summed E-state index contributed by atoms with van der Waals surface area (Å²) in [7, 11) is 5.53. The number of nitrogens with zero attached hydrogens (tertiary/aromatic N) is 1. The molecule has 0 bridgehead atoms. The molecule has 2 unspecified atom stereocenters. The van der Waals surface area contributed by atoms with Crippen molar-refractivity contribution in [3.63, 3.8) is 0 Å². The molecule has 2 atom stereocenters. The minimum atomic E-state index is -0.873. The van der Waals surface area contributed by atoms with Gasteiger partial charge >= 0.3 is 17.9 Å². The normalized spacial score (nSPS) is 13.0. The highest BCUT2D eigenvalue weighted by molar-refractivity contribution is 5.72. The smallest absolute Gasteiger partial charge is 0.362 e. The Kier molecular flexibility index (Phi) is 37.6. The number of unbranched alkanes of at least 4 members (excludes halogenated alkanes) is 26. The Morgan fingerprint density at radius 3 is 1.35 bits per heavy atom. The summed E-state index contributed by atoms with van der Waals surface area (Å²) in [5.41, 5.74) is 0. The van der Waals surface area contributed by atoms with Gasteiger partial charge in [-0.15, -0.1) is 0 Å². The molecule has 0 rings (SSSR count). The Balaban J connectivity index is 4.25. The van der Waals surface area contributed by atoms with Gasteiger partial charge in [0.05, 0.1) is 34.4 Å². The third-order valence-corrected chi connectivity index (χ3v) is 10.7. The monoisotopic (exact) mass is 781 g/mol. The largest absolute Gasteiger partial charge is 0.477 e. The van der Waals surface area contributed by atoms with Crippen LogP contribution in [0.3, 0.4) is 0 Å². The highest BCUT2D eigenvalue weighted by atomic mass is 16.6. The maximum Gasteiger partial charge on any atom is 0.362 e. The van der Waals surface area contributed by atoms with Crippen molar-refractivity contribution in [2.75, 3.05) is 41.0 Å². The lowest BCUT2D eigenvalue weighted by Gasteiger charge is -2.31. The van der Waals surface area contributed by atoms with Gasteiger partial charge in [-0.3, -0.25) is 9.59 Å². The van der Waals surface area contributed by atoms with Gasteiger partial charge in [0.2, 0.25) is 0 Å². The van der Waals surface area contributed by atoms with Gasteiger partial charge in [-0.05, 0) is 38.5 Å². The number of allylic oxidation sites excluding steroid dienone is 2. The highest BCUT2D eigenvalue weighted by Gasteiger charge is 2.31. The van der Waals surface area contributed by atoms with Crippen LogP contribution in [0, 0.1) is 0 Å². The average molecular weight is 781 g/mol. The topological polar surface area (TPSA) is 99.1 Å². The summed E-state index contributed by atoms with van der Waals surface area (Å²) in [5, 5.41) is 9.62. The predicted molar refractivity (Wildman–Crippen MR) is 229 cm³/mol. The molecule has 0 saturated carbocycles. The lowest BCUT2D eigenvalue weighted by atomic mass is 10.0. The molecular weight excluding hydrogens is 691 g/mol. The van der Waals surface area contributed by atoms with Crippen LogP contribution in [-0.4, -0.2) is 80.6 Å². The molecule has 0 fully saturated rings. The van der Waals surface area contributed by atoms with Crippen molar-refractivity contribution in [3.8, 4) is 0 Å². The van der Waals surface area contributed by atoms with Crippen LogP contribution in [0.2, 0.25) is 0 Å². The van der Waals surface area contributed by atoms with Crippen molar-refractivity contribution >= 4 is 17.9 Å². The van der Waals surface area contributed by atoms with Crippen LogP contribution in [0.25, 0.3) is 0 Å². The number of carbonyl (C=O) groups is 3. The van der Waals surface area contributed by atoms with Gasteiger partial charge in [0, 0.05) is 19.3 Å². The number of hydrogen-bond donors (Lipinski definition) is 1. The van der Waals surface area contributed by atoms with Crippen LogP contribution in [0.4, 0.5) is 0 Å². The molecule has 0 spiro atoms. The van der Waals surface area contributed by atoms with E-state index in [2.05, 4.69) is 26.0 Å². The zero-order valence-corrected chi connectivity index (χ0v) is 36.9. The molecule has 324 valence electrons. The lowest BCUT2D eigenvalue weighted by Crippen LogP contribution is -2.50. The number of carboxylic acids is 1. The van der Waals surface area contributed by atoms with Gasteiger partial charge in [0.1, 0.15) is 6.61 Å². The summed E-state index contributed by atoms with van der Waals surface area (Å²) in [6.45, 7) is 4.73. The fourth-order valence-corrected chi connectivity index (χ4v) is 7.03. The van der Waals surface area contributed by atoms with E-state index in [1.807, 2.05) is 21.1 Å². The summed E-state index contributed by atoms with van der Waals surface area (Å²) in [4.78, 5) is 37.0. The molecule has 0 aromatic heterocycles. The molecule has 0 radical (unpaired) electrons. The molecular formula is C47H90NO7+. The third-order valence-electron chi connectivity index (χ3n) is 10.7. The summed E-state index contributed by atoms with van der Waals surface area (Å²) in [6, 6.07) is -0.611. The Morgan fingerprint density at radius 2 is 0.909 bits per heavy atom. The first-order chi connectivity index (χ1) is 26.6. The van der Waals surface area contributed by atoms with E-state index in [4.69, 9.17) is 14.2 Å². The number of hydrogen-bond acceptors (Lipinski definition) is 6. The number of rotatable bonds is 42. The Morgan fingerprint density at radius 1 is 0.527 bits per heavy atom. The maximum atomic E-state index is 12.7. The van der Waals surface area contributed by atoms with Crippen molar-refractivity contribution in [1.29, 1.82) is 0 Å². The fraction of sp³-hybridized carbons (Fsp3) is 0.894. The van der Waals surface area contributed by atoms with Gasteiger partial charge < -0.3 is 23.8 Å². The van der Waals surface area contributed by atoms with Gasteiger partial charge in [0.25, 0.3) is 0 Å². The van der Waals surface area contributed by atoms with Crippen molar-refractivity contribution in [3.05, 3.63) is 12.2 Å². The minimum Gasteiger partial charge on any atom is -0.477 e. The molecule has 55 heavy (non-hydrogen) atoms. The SMILES string of the molecule is CCCCC/C=C/CCCCCCCC(=O)OCC(COCCC(C(=O)O)[N+](C)(C)C)OC(=O)CCCCCCCCCCCCCCCCCCCCC. The summed E-state index contributed by atoms with van der Waals surface area (Å²) in [5.74, 6) is -1.46. The number of quaternary nitrogens is 1. The van der Waals surface area contributed by atoms with Crippen LogP contribution in [0.1, 0.15) is 219 Å². The van der Waals surface area contributed by atoms with Gasteiger partial charge in [-0.1, -0.05) is 174 Å². The fourth-order valence-electron chi connectivity index (χ4n) is 7.03. The Labute approximate surface area is 339 Å². The number of aliphatic carboxylic acids is 1.